The molecule has 1 aliphatic carbocycles. The molecule has 1 saturated carbocycles. The van der Waals surface area contributed by atoms with Crippen molar-refractivity contribution in [3.8, 4) is 11.1 Å². The van der Waals surface area contributed by atoms with Crippen LogP contribution in [-0.4, -0.2) is 9.13 Å². The molecule has 0 amide bonds. The lowest BCUT2D eigenvalue weighted by atomic mass is 10.1. The summed E-state index contributed by atoms with van der Waals surface area (Å²) in [4.78, 5) is 12.5. The molecule has 0 radical (unpaired) electrons. The van der Waals surface area contributed by atoms with E-state index in [1.165, 1.54) is 12.0 Å². The summed E-state index contributed by atoms with van der Waals surface area (Å²) < 4.78 is 3.72. The number of rotatable bonds is 3. The number of nitrogens with zero attached hydrogens (tertiary/aromatic N) is 2. The Labute approximate surface area is 129 Å². The summed E-state index contributed by atoms with van der Waals surface area (Å²) in [5.41, 5.74) is 4.49. The number of hydrogen-bond donors (Lipinski definition) is 0. The van der Waals surface area contributed by atoms with Gasteiger partial charge < -0.3 is 0 Å². The molecule has 4 rings (SSSR count). The Morgan fingerprint density at radius 3 is 2.45 bits per heavy atom. The second-order valence-electron chi connectivity index (χ2n) is 6.49. The van der Waals surface area contributed by atoms with E-state index < -0.39 is 0 Å². The van der Waals surface area contributed by atoms with Crippen LogP contribution in [0.3, 0.4) is 0 Å². The summed E-state index contributed by atoms with van der Waals surface area (Å²) >= 11 is 0. The molecule has 3 aromatic rings. The smallest absolute Gasteiger partial charge is 0.295 e. The van der Waals surface area contributed by atoms with Gasteiger partial charge in [0.05, 0.1) is 11.0 Å². The minimum atomic E-state index is 0.0966. The van der Waals surface area contributed by atoms with Gasteiger partial charge in [-0.2, -0.15) is 0 Å². The molecule has 0 aliphatic heterocycles. The molecular weight excluding hydrogens is 272 g/mol. The molecular formula is C19H20N2O. The summed E-state index contributed by atoms with van der Waals surface area (Å²) in [7, 11) is 1.87. The van der Waals surface area contributed by atoms with Crippen LogP contribution in [0.5, 0.6) is 0 Å². The first-order valence-corrected chi connectivity index (χ1v) is 7.90. The molecule has 1 aromatic heterocycles. The Hall–Kier alpha value is -2.29. The van der Waals surface area contributed by atoms with E-state index in [0.717, 1.165) is 29.1 Å². The SMILES string of the molecule is CC1CC1Cn1c(=O)n(C)c2cc(-c3ccccc3)ccc21. The fourth-order valence-electron chi connectivity index (χ4n) is 3.28. The van der Waals surface area contributed by atoms with E-state index in [1.54, 1.807) is 4.57 Å². The zero-order chi connectivity index (χ0) is 15.3. The average Bonchev–Trinajstić information content (AvgIpc) is 3.21. The van der Waals surface area contributed by atoms with Crippen molar-refractivity contribution in [2.45, 2.75) is 19.9 Å². The van der Waals surface area contributed by atoms with E-state index in [0.29, 0.717) is 5.92 Å². The van der Waals surface area contributed by atoms with E-state index in [9.17, 15) is 4.79 Å². The zero-order valence-corrected chi connectivity index (χ0v) is 13.0. The van der Waals surface area contributed by atoms with Crippen LogP contribution >= 0.6 is 0 Å². The van der Waals surface area contributed by atoms with Crippen LogP contribution in [0.25, 0.3) is 22.2 Å². The minimum Gasteiger partial charge on any atom is -0.295 e. The molecule has 112 valence electrons. The van der Waals surface area contributed by atoms with Gasteiger partial charge in [0.15, 0.2) is 0 Å². The quantitative estimate of drug-likeness (QED) is 0.723. The van der Waals surface area contributed by atoms with Gasteiger partial charge in [-0.1, -0.05) is 43.3 Å². The molecule has 1 heterocycles. The van der Waals surface area contributed by atoms with Gasteiger partial charge in [0.2, 0.25) is 0 Å². The van der Waals surface area contributed by atoms with Gasteiger partial charge in [-0.15, -0.1) is 0 Å². The third-order valence-corrected chi connectivity index (χ3v) is 4.95. The van der Waals surface area contributed by atoms with Crippen molar-refractivity contribution in [3.63, 3.8) is 0 Å². The van der Waals surface area contributed by atoms with Gasteiger partial charge >= 0.3 is 5.69 Å². The lowest BCUT2D eigenvalue weighted by Gasteiger charge is -2.04. The number of benzene rings is 2. The molecule has 3 nitrogen and oxygen atoms in total. The summed E-state index contributed by atoms with van der Waals surface area (Å²) in [5.74, 6) is 1.42. The molecule has 2 unspecified atom stereocenters. The average molecular weight is 292 g/mol. The van der Waals surface area contributed by atoms with Crippen LogP contribution in [0.4, 0.5) is 0 Å². The minimum absolute atomic E-state index is 0.0966. The van der Waals surface area contributed by atoms with E-state index in [1.807, 2.05) is 29.8 Å². The Kier molecular flexibility index (Phi) is 2.96. The highest BCUT2D eigenvalue weighted by atomic mass is 16.1. The maximum atomic E-state index is 12.5. The summed E-state index contributed by atoms with van der Waals surface area (Å²) in [5, 5.41) is 0. The number of fused-ring (bicyclic) bond motifs is 1. The van der Waals surface area contributed by atoms with Crippen molar-refractivity contribution in [1.29, 1.82) is 0 Å². The van der Waals surface area contributed by atoms with Crippen LogP contribution in [0.1, 0.15) is 13.3 Å². The highest BCUT2D eigenvalue weighted by molar-refractivity contribution is 5.82. The van der Waals surface area contributed by atoms with Gasteiger partial charge in [0.25, 0.3) is 0 Å². The third-order valence-electron chi connectivity index (χ3n) is 4.95. The fourth-order valence-corrected chi connectivity index (χ4v) is 3.28. The molecule has 3 heteroatoms. The molecule has 0 bridgehead atoms. The molecule has 1 fully saturated rings. The Morgan fingerprint density at radius 1 is 1.05 bits per heavy atom. The molecule has 0 spiro atoms. The van der Waals surface area contributed by atoms with Gasteiger partial charge in [0.1, 0.15) is 0 Å². The summed E-state index contributed by atoms with van der Waals surface area (Å²) in [6.07, 6.45) is 1.24. The van der Waals surface area contributed by atoms with Crippen LogP contribution in [0.15, 0.2) is 53.3 Å². The summed E-state index contributed by atoms with van der Waals surface area (Å²) in [6.45, 7) is 3.11. The lowest BCUT2D eigenvalue weighted by molar-refractivity contribution is 0.580. The normalized spacial score (nSPS) is 20.5. The molecule has 0 N–H and O–H groups in total. The second kappa shape index (κ2) is 4.87. The van der Waals surface area contributed by atoms with E-state index >= 15 is 0 Å². The molecule has 1 aliphatic rings. The summed E-state index contributed by atoms with van der Waals surface area (Å²) in [6, 6.07) is 16.6. The molecule has 0 saturated heterocycles. The van der Waals surface area contributed by atoms with Gasteiger partial charge in [-0.05, 0) is 41.5 Å². The predicted octanol–water partition coefficient (Wildman–Crippen LogP) is 3.66. The van der Waals surface area contributed by atoms with Crippen molar-refractivity contribution in [2.75, 3.05) is 0 Å². The van der Waals surface area contributed by atoms with E-state index in [-0.39, 0.29) is 5.69 Å². The predicted molar refractivity (Wildman–Crippen MR) is 89.9 cm³/mol. The number of aryl methyl sites for hydroxylation is 1. The van der Waals surface area contributed by atoms with Gasteiger partial charge in [0, 0.05) is 13.6 Å². The van der Waals surface area contributed by atoms with Crippen LogP contribution in [0.2, 0.25) is 0 Å². The molecule has 22 heavy (non-hydrogen) atoms. The topological polar surface area (TPSA) is 26.9 Å². The van der Waals surface area contributed by atoms with Crippen LogP contribution in [0, 0.1) is 11.8 Å². The van der Waals surface area contributed by atoms with Crippen molar-refractivity contribution in [3.05, 3.63) is 59.0 Å². The zero-order valence-electron chi connectivity index (χ0n) is 13.0. The van der Waals surface area contributed by atoms with Crippen molar-refractivity contribution < 1.29 is 0 Å². The largest absolute Gasteiger partial charge is 0.328 e. The Bertz CT molecular complexity index is 889. The second-order valence-corrected chi connectivity index (χ2v) is 6.49. The maximum Gasteiger partial charge on any atom is 0.328 e. The Balaban J connectivity index is 1.84. The highest BCUT2D eigenvalue weighted by Gasteiger charge is 2.33. The maximum absolute atomic E-state index is 12.5. The first kappa shape index (κ1) is 13.4. The first-order chi connectivity index (χ1) is 10.6. The van der Waals surface area contributed by atoms with Gasteiger partial charge in [-0.3, -0.25) is 9.13 Å². The molecule has 2 atom stereocenters. The van der Waals surface area contributed by atoms with Crippen molar-refractivity contribution >= 4 is 11.0 Å². The van der Waals surface area contributed by atoms with Crippen LogP contribution < -0.4 is 5.69 Å². The lowest BCUT2D eigenvalue weighted by Crippen LogP contribution is -2.23. The third kappa shape index (κ3) is 2.08. The van der Waals surface area contributed by atoms with Crippen LogP contribution in [-0.2, 0) is 13.6 Å². The van der Waals surface area contributed by atoms with Crippen molar-refractivity contribution in [1.82, 2.24) is 9.13 Å². The van der Waals surface area contributed by atoms with Gasteiger partial charge in [-0.25, -0.2) is 4.79 Å². The fraction of sp³-hybridized carbons (Fsp3) is 0.316. The number of hydrogen-bond acceptors (Lipinski definition) is 1. The highest BCUT2D eigenvalue weighted by Crippen LogP contribution is 2.39. The Morgan fingerprint density at radius 2 is 1.77 bits per heavy atom. The first-order valence-electron chi connectivity index (χ1n) is 7.90. The van der Waals surface area contributed by atoms with E-state index in [2.05, 4.69) is 37.3 Å². The molecule has 2 aromatic carbocycles. The standard InChI is InChI=1S/C19H20N2O/c1-13-10-16(13)12-21-17-9-8-15(14-6-4-3-5-7-14)11-18(17)20(2)19(21)22/h3-9,11,13,16H,10,12H2,1-2H3. The van der Waals surface area contributed by atoms with Crippen molar-refractivity contribution in [2.24, 2.45) is 18.9 Å². The van der Waals surface area contributed by atoms with E-state index in [4.69, 9.17) is 0 Å². The number of aromatic nitrogens is 2. The number of imidazole rings is 1. The monoisotopic (exact) mass is 292 g/mol.